The molecule has 20 heavy (non-hydrogen) atoms. The lowest BCUT2D eigenvalue weighted by Gasteiger charge is -2.13. The monoisotopic (exact) mass is 276 g/mol. The summed E-state index contributed by atoms with van der Waals surface area (Å²) < 4.78 is 13.5. The Morgan fingerprint density at radius 1 is 1.20 bits per heavy atom. The Labute approximate surface area is 114 Å². The molecule has 0 radical (unpaired) electrons. The average molecular weight is 276 g/mol. The van der Waals surface area contributed by atoms with Crippen molar-refractivity contribution in [2.45, 2.75) is 6.10 Å². The standard InChI is InChI=1S/C14H13FN2O3/c15-11-6-2-1-5-10(11)14(18)9-16-12-7-3-4-8-13(12)17(19)20/h1-8,14,16,18H,9H2. The molecule has 1 unspecified atom stereocenters. The van der Waals surface area contributed by atoms with Gasteiger partial charge in [-0.15, -0.1) is 0 Å². The molecule has 0 spiro atoms. The van der Waals surface area contributed by atoms with Gasteiger partial charge in [-0.1, -0.05) is 30.3 Å². The minimum atomic E-state index is -1.09. The molecule has 2 aromatic rings. The van der Waals surface area contributed by atoms with Gasteiger partial charge in [0.1, 0.15) is 11.5 Å². The molecular weight excluding hydrogens is 263 g/mol. The van der Waals surface area contributed by atoms with Crippen LogP contribution in [0.2, 0.25) is 0 Å². The zero-order chi connectivity index (χ0) is 14.5. The quantitative estimate of drug-likeness (QED) is 0.650. The van der Waals surface area contributed by atoms with Crippen molar-refractivity contribution in [2.75, 3.05) is 11.9 Å². The van der Waals surface area contributed by atoms with Crippen LogP contribution in [0.3, 0.4) is 0 Å². The number of nitrogens with one attached hydrogen (secondary N) is 1. The smallest absolute Gasteiger partial charge is 0.292 e. The predicted octanol–water partition coefficient (Wildman–Crippen LogP) is 2.88. The van der Waals surface area contributed by atoms with Crippen molar-refractivity contribution in [3.05, 3.63) is 70.0 Å². The normalized spacial score (nSPS) is 11.9. The van der Waals surface area contributed by atoms with Crippen molar-refractivity contribution in [1.82, 2.24) is 0 Å². The van der Waals surface area contributed by atoms with Crippen molar-refractivity contribution in [1.29, 1.82) is 0 Å². The summed E-state index contributed by atoms with van der Waals surface area (Å²) in [5.74, 6) is -0.510. The molecule has 0 aliphatic rings. The molecule has 6 heteroatoms. The van der Waals surface area contributed by atoms with Crippen LogP contribution in [0.4, 0.5) is 15.8 Å². The maximum atomic E-state index is 13.5. The molecular formula is C14H13FN2O3. The molecule has 0 aliphatic heterocycles. The number of aliphatic hydroxyl groups is 1. The van der Waals surface area contributed by atoms with E-state index in [4.69, 9.17) is 0 Å². The molecule has 0 heterocycles. The number of aliphatic hydroxyl groups excluding tert-OH is 1. The molecule has 2 N–H and O–H groups in total. The molecule has 0 saturated heterocycles. The summed E-state index contributed by atoms with van der Waals surface area (Å²) in [6, 6.07) is 12.0. The summed E-state index contributed by atoms with van der Waals surface area (Å²) >= 11 is 0. The van der Waals surface area contributed by atoms with Gasteiger partial charge in [0.2, 0.25) is 0 Å². The fourth-order valence-corrected chi connectivity index (χ4v) is 1.84. The van der Waals surface area contributed by atoms with Crippen LogP contribution in [-0.2, 0) is 0 Å². The molecule has 0 aliphatic carbocycles. The molecule has 104 valence electrons. The number of hydrogen-bond donors (Lipinski definition) is 2. The second-order valence-corrected chi connectivity index (χ2v) is 4.19. The number of hydrogen-bond acceptors (Lipinski definition) is 4. The highest BCUT2D eigenvalue weighted by Crippen LogP contribution is 2.24. The van der Waals surface area contributed by atoms with E-state index in [1.165, 1.54) is 30.3 Å². The van der Waals surface area contributed by atoms with Crippen LogP contribution in [0.15, 0.2) is 48.5 Å². The van der Waals surface area contributed by atoms with E-state index in [2.05, 4.69) is 5.32 Å². The lowest BCUT2D eigenvalue weighted by atomic mass is 10.1. The molecule has 2 aromatic carbocycles. The summed E-state index contributed by atoms with van der Waals surface area (Å²) in [7, 11) is 0. The number of benzene rings is 2. The van der Waals surface area contributed by atoms with Crippen molar-refractivity contribution in [3.8, 4) is 0 Å². The summed E-state index contributed by atoms with van der Waals surface area (Å²) in [5, 5.41) is 23.5. The fourth-order valence-electron chi connectivity index (χ4n) is 1.84. The molecule has 1 atom stereocenters. The number of anilines is 1. The van der Waals surface area contributed by atoms with Gasteiger partial charge >= 0.3 is 0 Å². The number of para-hydroxylation sites is 2. The van der Waals surface area contributed by atoms with Gasteiger partial charge in [-0.05, 0) is 12.1 Å². The Morgan fingerprint density at radius 3 is 2.55 bits per heavy atom. The third-order valence-electron chi connectivity index (χ3n) is 2.85. The van der Waals surface area contributed by atoms with E-state index in [0.717, 1.165) is 0 Å². The van der Waals surface area contributed by atoms with E-state index >= 15 is 0 Å². The number of nitro benzene ring substituents is 1. The Morgan fingerprint density at radius 2 is 1.85 bits per heavy atom. The molecule has 5 nitrogen and oxygen atoms in total. The number of rotatable bonds is 5. The van der Waals surface area contributed by atoms with Gasteiger partial charge in [-0.25, -0.2) is 4.39 Å². The van der Waals surface area contributed by atoms with E-state index in [0.29, 0.717) is 0 Å². The first-order chi connectivity index (χ1) is 9.59. The van der Waals surface area contributed by atoms with Gasteiger partial charge in [0.25, 0.3) is 5.69 Å². The van der Waals surface area contributed by atoms with Crippen LogP contribution in [0.5, 0.6) is 0 Å². The Bertz CT molecular complexity index is 619. The molecule has 0 aromatic heterocycles. The van der Waals surface area contributed by atoms with Crippen molar-refractivity contribution < 1.29 is 14.4 Å². The van der Waals surface area contributed by atoms with Crippen LogP contribution in [0.1, 0.15) is 11.7 Å². The second kappa shape index (κ2) is 6.12. The van der Waals surface area contributed by atoms with E-state index in [1.54, 1.807) is 18.2 Å². The SMILES string of the molecule is O=[N+]([O-])c1ccccc1NCC(O)c1ccccc1F. The summed E-state index contributed by atoms with van der Waals surface area (Å²) in [4.78, 5) is 10.3. The molecule has 0 amide bonds. The van der Waals surface area contributed by atoms with Crippen molar-refractivity contribution >= 4 is 11.4 Å². The molecule has 0 bridgehead atoms. The van der Waals surface area contributed by atoms with Gasteiger partial charge in [-0.2, -0.15) is 0 Å². The Hall–Kier alpha value is -2.47. The van der Waals surface area contributed by atoms with Crippen LogP contribution in [0.25, 0.3) is 0 Å². The van der Waals surface area contributed by atoms with Crippen molar-refractivity contribution in [2.24, 2.45) is 0 Å². The van der Waals surface area contributed by atoms with Crippen molar-refractivity contribution in [3.63, 3.8) is 0 Å². The maximum absolute atomic E-state index is 13.5. The first-order valence-corrected chi connectivity index (χ1v) is 5.99. The summed E-state index contributed by atoms with van der Waals surface area (Å²) in [6.07, 6.45) is -1.09. The molecule has 0 fully saturated rings. The first kappa shape index (κ1) is 14.0. The average Bonchev–Trinajstić information content (AvgIpc) is 2.45. The Kier molecular flexibility index (Phi) is 4.27. The summed E-state index contributed by atoms with van der Waals surface area (Å²) in [6.45, 7) is -0.0220. The maximum Gasteiger partial charge on any atom is 0.292 e. The van der Waals surface area contributed by atoms with Gasteiger partial charge in [0.05, 0.1) is 11.0 Å². The molecule has 2 rings (SSSR count). The minimum absolute atomic E-state index is 0.0220. The zero-order valence-corrected chi connectivity index (χ0v) is 10.5. The fraction of sp³-hybridized carbons (Fsp3) is 0.143. The van der Waals surface area contributed by atoms with Crippen LogP contribution in [0, 0.1) is 15.9 Å². The number of nitro groups is 1. The number of halogens is 1. The lowest BCUT2D eigenvalue weighted by Crippen LogP contribution is -2.14. The van der Waals surface area contributed by atoms with Gasteiger partial charge < -0.3 is 10.4 Å². The van der Waals surface area contributed by atoms with Gasteiger partial charge in [-0.3, -0.25) is 10.1 Å². The largest absolute Gasteiger partial charge is 0.386 e. The van der Waals surface area contributed by atoms with E-state index in [9.17, 15) is 19.6 Å². The zero-order valence-electron chi connectivity index (χ0n) is 10.5. The third-order valence-corrected chi connectivity index (χ3v) is 2.85. The van der Waals surface area contributed by atoms with Crippen LogP contribution in [-0.4, -0.2) is 16.6 Å². The second-order valence-electron chi connectivity index (χ2n) is 4.19. The van der Waals surface area contributed by atoms with E-state index < -0.39 is 16.8 Å². The molecule has 0 saturated carbocycles. The first-order valence-electron chi connectivity index (χ1n) is 5.99. The van der Waals surface area contributed by atoms with Gasteiger partial charge in [0.15, 0.2) is 0 Å². The highest BCUT2D eigenvalue weighted by molar-refractivity contribution is 5.61. The Balaban J connectivity index is 2.10. The van der Waals surface area contributed by atoms with E-state index in [1.807, 2.05) is 0 Å². The topological polar surface area (TPSA) is 75.4 Å². The van der Waals surface area contributed by atoms with Crippen LogP contribution >= 0.6 is 0 Å². The number of nitrogens with zero attached hydrogens (tertiary/aromatic N) is 1. The predicted molar refractivity (Wildman–Crippen MR) is 72.9 cm³/mol. The minimum Gasteiger partial charge on any atom is -0.386 e. The van der Waals surface area contributed by atoms with E-state index in [-0.39, 0.29) is 23.5 Å². The van der Waals surface area contributed by atoms with Gasteiger partial charge in [0, 0.05) is 18.2 Å². The lowest BCUT2D eigenvalue weighted by molar-refractivity contribution is -0.384. The highest BCUT2D eigenvalue weighted by atomic mass is 19.1. The third kappa shape index (κ3) is 3.10. The van der Waals surface area contributed by atoms with Crippen LogP contribution < -0.4 is 5.32 Å². The highest BCUT2D eigenvalue weighted by Gasteiger charge is 2.15. The summed E-state index contributed by atoms with van der Waals surface area (Å²) in [5.41, 5.74) is 0.347.